The molecule has 7 heteroatoms. The predicted octanol–water partition coefficient (Wildman–Crippen LogP) is 3.28. The Hall–Kier alpha value is -2.70. The minimum absolute atomic E-state index is 0.00812. The molecule has 3 amide bonds. The highest BCUT2D eigenvalue weighted by atomic mass is 16.2. The van der Waals surface area contributed by atoms with Gasteiger partial charge < -0.3 is 9.80 Å². The Labute approximate surface area is 190 Å². The first kappa shape index (κ1) is 22.5. The van der Waals surface area contributed by atoms with Crippen molar-refractivity contribution in [1.29, 1.82) is 0 Å². The number of aryl methyl sites for hydroxylation is 2. The van der Waals surface area contributed by atoms with Crippen molar-refractivity contribution in [1.82, 2.24) is 9.80 Å². The molecule has 32 heavy (non-hydrogen) atoms. The Morgan fingerprint density at radius 2 is 1.59 bits per heavy atom. The van der Waals surface area contributed by atoms with Gasteiger partial charge in [0, 0.05) is 44.9 Å². The number of piperidine rings is 2. The molecule has 3 aliphatic heterocycles. The summed E-state index contributed by atoms with van der Waals surface area (Å²) in [5.41, 5.74) is 3.16. The summed E-state index contributed by atoms with van der Waals surface area (Å²) in [6.45, 7) is 9.01. The van der Waals surface area contributed by atoms with Crippen LogP contribution in [0.15, 0.2) is 23.3 Å². The fourth-order valence-corrected chi connectivity index (χ4v) is 4.84. The van der Waals surface area contributed by atoms with Crippen LogP contribution in [0.2, 0.25) is 0 Å². The number of hydrazone groups is 1. The first-order chi connectivity index (χ1) is 15.3. The molecule has 0 N–H and O–H groups in total. The summed E-state index contributed by atoms with van der Waals surface area (Å²) < 4.78 is 0. The quantitative estimate of drug-likeness (QED) is 0.727. The molecule has 1 aromatic rings. The Morgan fingerprint density at radius 1 is 0.938 bits per heavy atom. The second-order valence-corrected chi connectivity index (χ2v) is 9.62. The van der Waals surface area contributed by atoms with E-state index >= 15 is 0 Å². The van der Waals surface area contributed by atoms with Crippen molar-refractivity contribution in [3.8, 4) is 0 Å². The molecule has 7 nitrogen and oxygen atoms in total. The lowest BCUT2D eigenvalue weighted by Gasteiger charge is -2.37. The Bertz CT molecular complexity index is 925. The number of anilines is 1. The standard InChI is InChI=1S/C25H34N4O3/c1-17-8-12-27(13-9-17)24(31)20-10-14-28(15-11-20)25(32)21-6-7-23(30)29(26-21)22-16-18(2)4-5-19(22)3/h4-5,16-17,20H,6-15H2,1-3H3. The molecular weight excluding hydrogens is 404 g/mol. The highest BCUT2D eigenvalue weighted by molar-refractivity contribution is 6.40. The number of rotatable bonds is 3. The molecule has 3 heterocycles. The van der Waals surface area contributed by atoms with Gasteiger partial charge in [-0.15, -0.1) is 0 Å². The Kier molecular flexibility index (Phi) is 6.63. The lowest BCUT2D eigenvalue weighted by Crippen LogP contribution is -2.48. The van der Waals surface area contributed by atoms with Gasteiger partial charge in [-0.1, -0.05) is 19.1 Å². The van der Waals surface area contributed by atoms with Crippen molar-refractivity contribution in [2.24, 2.45) is 16.9 Å². The van der Waals surface area contributed by atoms with Gasteiger partial charge in [0.15, 0.2) is 0 Å². The summed E-state index contributed by atoms with van der Waals surface area (Å²) in [6.07, 6.45) is 4.20. The van der Waals surface area contributed by atoms with Crippen molar-refractivity contribution < 1.29 is 14.4 Å². The van der Waals surface area contributed by atoms with Crippen LogP contribution in [0.1, 0.15) is 56.6 Å². The highest BCUT2D eigenvalue weighted by Gasteiger charge is 2.34. The van der Waals surface area contributed by atoms with Crippen LogP contribution in [-0.2, 0) is 14.4 Å². The Morgan fingerprint density at radius 3 is 2.28 bits per heavy atom. The smallest absolute Gasteiger partial charge is 0.270 e. The first-order valence-corrected chi connectivity index (χ1v) is 11.9. The molecule has 0 spiro atoms. The van der Waals surface area contributed by atoms with Crippen LogP contribution in [0.4, 0.5) is 5.69 Å². The third kappa shape index (κ3) is 4.71. The summed E-state index contributed by atoms with van der Waals surface area (Å²) in [7, 11) is 0. The summed E-state index contributed by atoms with van der Waals surface area (Å²) in [6, 6.07) is 5.90. The number of hydrogen-bond donors (Lipinski definition) is 0. The molecule has 0 bridgehead atoms. The van der Waals surface area contributed by atoms with Crippen molar-refractivity contribution in [2.45, 2.75) is 59.3 Å². The SMILES string of the molecule is Cc1ccc(C)c(N2N=C(C(=O)N3CCC(C(=O)N4CCC(C)CC4)CC3)CCC2=O)c1. The van der Waals surface area contributed by atoms with E-state index in [1.165, 1.54) is 5.01 Å². The fraction of sp³-hybridized carbons (Fsp3) is 0.600. The average Bonchev–Trinajstić information content (AvgIpc) is 2.81. The minimum atomic E-state index is -0.106. The lowest BCUT2D eigenvalue weighted by molar-refractivity contribution is -0.140. The van der Waals surface area contributed by atoms with Crippen molar-refractivity contribution >= 4 is 29.1 Å². The van der Waals surface area contributed by atoms with Gasteiger partial charge in [0.1, 0.15) is 5.71 Å². The number of amides is 3. The van der Waals surface area contributed by atoms with Gasteiger partial charge in [-0.25, -0.2) is 5.01 Å². The topological polar surface area (TPSA) is 73.3 Å². The summed E-state index contributed by atoms with van der Waals surface area (Å²) in [5.74, 6) is 0.769. The Balaban J connectivity index is 1.40. The normalized spacial score (nSPS) is 21.0. The molecule has 3 aliphatic rings. The number of carbonyl (C=O) groups excluding carboxylic acids is 3. The van der Waals surface area contributed by atoms with Crippen LogP contribution in [0.3, 0.4) is 0 Å². The van der Waals surface area contributed by atoms with Gasteiger partial charge in [-0.05, 0) is 62.6 Å². The molecule has 0 unspecified atom stereocenters. The van der Waals surface area contributed by atoms with E-state index in [9.17, 15) is 14.4 Å². The highest BCUT2D eigenvalue weighted by Crippen LogP contribution is 2.27. The maximum atomic E-state index is 13.2. The summed E-state index contributed by atoms with van der Waals surface area (Å²) >= 11 is 0. The van der Waals surface area contributed by atoms with Crippen molar-refractivity contribution in [3.05, 3.63) is 29.3 Å². The number of carbonyl (C=O) groups is 3. The van der Waals surface area contributed by atoms with Gasteiger partial charge >= 0.3 is 0 Å². The molecule has 1 aromatic carbocycles. The zero-order valence-corrected chi connectivity index (χ0v) is 19.5. The van der Waals surface area contributed by atoms with E-state index in [0.29, 0.717) is 44.0 Å². The van der Waals surface area contributed by atoms with Gasteiger partial charge in [-0.3, -0.25) is 14.4 Å². The molecule has 2 fully saturated rings. The maximum Gasteiger partial charge on any atom is 0.270 e. The minimum Gasteiger partial charge on any atom is -0.342 e. The lowest BCUT2D eigenvalue weighted by atomic mass is 9.92. The van der Waals surface area contributed by atoms with Gasteiger partial charge in [0.05, 0.1) is 5.69 Å². The van der Waals surface area contributed by atoms with Crippen molar-refractivity contribution in [3.63, 3.8) is 0 Å². The second-order valence-electron chi connectivity index (χ2n) is 9.62. The summed E-state index contributed by atoms with van der Waals surface area (Å²) in [4.78, 5) is 42.4. The van der Waals surface area contributed by atoms with Crippen LogP contribution < -0.4 is 5.01 Å². The predicted molar refractivity (Wildman–Crippen MR) is 124 cm³/mol. The zero-order chi connectivity index (χ0) is 22.8. The molecule has 0 radical (unpaired) electrons. The van der Waals surface area contributed by atoms with E-state index in [1.54, 1.807) is 4.90 Å². The molecule has 0 saturated carbocycles. The third-order valence-electron chi connectivity index (χ3n) is 7.10. The first-order valence-electron chi connectivity index (χ1n) is 11.9. The van der Waals surface area contributed by atoms with Crippen LogP contribution in [0, 0.1) is 25.7 Å². The van der Waals surface area contributed by atoms with Gasteiger partial charge in [0.25, 0.3) is 5.91 Å². The van der Waals surface area contributed by atoms with E-state index in [0.717, 1.165) is 42.7 Å². The fourth-order valence-electron chi connectivity index (χ4n) is 4.84. The van der Waals surface area contributed by atoms with Crippen LogP contribution in [-0.4, -0.2) is 59.4 Å². The largest absolute Gasteiger partial charge is 0.342 e. The molecule has 172 valence electrons. The van der Waals surface area contributed by atoms with Crippen molar-refractivity contribution in [2.75, 3.05) is 31.2 Å². The molecular formula is C25H34N4O3. The van der Waals surface area contributed by atoms with E-state index in [2.05, 4.69) is 12.0 Å². The third-order valence-corrected chi connectivity index (χ3v) is 7.10. The van der Waals surface area contributed by atoms with E-state index in [-0.39, 0.29) is 30.1 Å². The monoisotopic (exact) mass is 438 g/mol. The van der Waals surface area contributed by atoms with Crippen LogP contribution in [0.25, 0.3) is 0 Å². The number of nitrogens with zero attached hydrogens (tertiary/aromatic N) is 4. The zero-order valence-electron chi connectivity index (χ0n) is 19.5. The van der Waals surface area contributed by atoms with Gasteiger partial charge in [-0.2, -0.15) is 5.10 Å². The van der Waals surface area contributed by atoms with Crippen LogP contribution in [0.5, 0.6) is 0 Å². The number of likely N-dealkylation sites (tertiary alicyclic amines) is 2. The van der Waals surface area contributed by atoms with Crippen LogP contribution >= 0.6 is 0 Å². The molecule has 0 aliphatic carbocycles. The number of benzene rings is 1. The second kappa shape index (κ2) is 9.43. The average molecular weight is 439 g/mol. The molecule has 2 saturated heterocycles. The van der Waals surface area contributed by atoms with Gasteiger partial charge in [0.2, 0.25) is 11.8 Å². The molecule has 4 rings (SSSR count). The number of hydrogen-bond acceptors (Lipinski definition) is 4. The summed E-state index contributed by atoms with van der Waals surface area (Å²) in [5, 5.41) is 5.87. The molecule has 0 aromatic heterocycles. The van der Waals surface area contributed by atoms with E-state index in [4.69, 9.17) is 0 Å². The van der Waals surface area contributed by atoms with E-state index in [1.807, 2.05) is 36.9 Å². The maximum absolute atomic E-state index is 13.2. The van der Waals surface area contributed by atoms with E-state index < -0.39 is 0 Å². The molecule has 0 atom stereocenters.